The zero-order valence-electron chi connectivity index (χ0n) is 16.4. The first-order valence-corrected chi connectivity index (χ1v) is 9.77. The lowest BCUT2D eigenvalue weighted by molar-refractivity contribution is 0.611. The van der Waals surface area contributed by atoms with Crippen LogP contribution in [0.15, 0.2) is 72.8 Å². The molecule has 27 heavy (non-hydrogen) atoms. The maximum atomic E-state index is 5.67. The Bertz CT molecular complexity index is 772. The van der Waals surface area contributed by atoms with Gasteiger partial charge in [0.15, 0.2) is 0 Å². The molecule has 0 saturated carbocycles. The van der Waals surface area contributed by atoms with Crippen molar-refractivity contribution >= 4 is 0 Å². The zero-order valence-corrected chi connectivity index (χ0v) is 16.4. The van der Waals surface area contributed by atoms with Crippen LogP contribution in [0, 0.1) is 13.8 Å². The average molecular weight is 359 g/mol. The number of hydrogen-bond donors (Lipinski definition) is 2. The van der Waals surface area contributed by atoms with Gasteiger partial charge in [-0.15, -0.1) is 0 Å². The molecule has 3 rings (SSSR count). The minimum absolute atomic E-state index is 0.415. The minimum atomic E-state index is 0.415. The highest BCUT2D eigenvalue weighted by Crippen LogP contribution is 2.28. The molecule has 2 nitrogen and oxygen atoms in total. The fraction of sp³-hybridized carbons (Fsp3) is 0.280. The van der Waals surface area contributed by atoms with E-state index in [2.05, 4.69) is 92.0 Å². The lowest BCUT2D eigenvalue weighted by Gasteiger charge is -2.19. The summed E-state index contributed by atoms with van der Waals surface area (Å²) in [7, 11) is 0. The van der Waals surface area contributed by atoms with Gasteiger partial charge in [0.1, 0.15) is 0 Å². The van der Waals surface area contributed by atoms with Gasteiger partial charge < -0.3 is 11.1 Å². The van der Waals surface area contributed by atoms with Crippen LogP contribution in [0.3, 0.4) is 0 Å². The molecule has 0 aliphatic carbocycles. The van der Waals surface area contributed by atoms with Gasteiger partial charge in [-0.05, 0) is 49.1 Å². The van der Waals surface area contributed by atoms with Crippen molar-refractivity contribution in [1.82, 2.24) is 5.32 Å². The van der Waals surface area contributed by atoms with Crippen molar-refractivity contribution in [3.8, 4) is 0 Å². The van der Waals surface area contributed by atoms with Crippen LogP contribution in [0.4, 0.5) is 0 Å². The van der Waals surface area contributed by atoms with Crippen LogP contribution in [-0.4, -0.2) is 6.54 Å². The Balaban J connectivity index is 1.64. The molecule has 2 heteroatoms. The second-order valence-electron chi connectivity index (χ2n) is 7.36. The van der Waals surface area contributed by atoms with E-state index in [1.54, 1.807) is 0 Å². The normalized spacial score (nSPS) is 11.1. The van der Waals surface area contributed by atoms with Crippen LogP contribution >= 0.6 is 0 Å². The molecule has 0 saturated heterocycles. The van der Waals surface area contributed by atoms with E-state index in [4.69, 9.17) is 5.73 Å². The summed E-state index contributed by atoms with van der Waals surface area (Å²) in [5, 5.41) is 3.60. The average Bonchev–Trinajstić information content (AvgIpc) is 2.70. The summed E-state index contributed by atoms with van der Waals surface area (Å²) in [4.78, 5) is 0. The van der Waals surface area contributed by atoms with Crippen LogP contribution in [0.2, 0.25) is 0 Å². The Morgan fingerprint density at radius 2 is 1.19 bits per heavy atom. The van der Waals surface area contributed by atoms with Crippen molar-refractivity contribution in [1.29, 1.82) is 0 Å². The third kappa shape index (κ3) is 5.53. The lowest BCUT2D eigenvalue weighted by atomic mass is 9.87. The molecule has 0 unspecified atom stereocenters. The fourth-order valence-corrected chi connectivity index (χ4v) is 3.40. The molecule has 0 heterocycles. The van der Waals surface area contributed by atoms with E-state index in [0.29, 0.717) is 12.5 Å². The lowest BCUT2D eigenvalue weighted by Crippen LogP contribution is -2.18. The molecular formula is C25H30N2. The second kappa shape index (κ2) is 9.50. The summed E-state index contributed by atoms with van der Waals surface area (Å²) in [5.41, 5.74) is 13.5. The van der Waals surface area contributed by atoms with Gasteiger partial charge in [0.05, 0.1) is 0 Å². The van der Waals surface area contributed by atoms with Crippen molar-refractivity contribution in [2.75, 3.05) is 6.54 Å². The van der Waals surface area contributed by atoms with E-state index in [0.717, 1.165) is 19.5 Å². The fourth-order valence-electron chi connectivity index (χ4n) is 3.40. The largest absolute Gasteiger partial charge is 0.326 e. The van der Waals surface area contributed by atoms with Crippen LogP contribution in [0.5, 0.6) is 0 Å². The highest BCUT2D eigenvalue weighted by Gasteiger charge is 2.13. The van der Waals surface area contributed by atoms with Crippen molar-refractivity contribution in [2.24, 2.45) is 5.73 Å². The van der Waals surface area contributed by atoms with E-state index in [1.165, 1.54) is 33.4 Å². The third-order valence-corrected chi connectivity index (χ3v) is 5.16. The predicted octanol–water partition coefficient (Wildman–Crippen LogP) is 5.07. The van der Waals surface area contributed by atoms with Gasteiger partial charge >= 0.3 is 0 Å². The quantitative estimate of drug-likeness (QED) is 0.552. The van der Waals surface area contributed by atoms with E-state index >= 15 is 0 Å². The van der Waals surface area contributed by atoms with Gasteiger partial charge in [-0.1, -0.05) is 83.9 Å². The number of rotatable bonds is 8. The Morgan fingerprint density at radius 1 is 0.704 bits per heavy atom. The summed E-state index contributed by atoms with van der Waals surface area (Å²) in [6, 6.07) is 26.5. The first kappa shape index (κ1) is 19.3. The van der Waals surface area contributed by atoms with Gasteiger partial charge in [-0.25, -0.2) is 0 Å². The molecule has 0 bridgehead atoms. The SMILES string of the molecule is Cc1ccc(C(CCNCc2ccc(CN)cc2)c2ccc(C)cc2)cc1. The molecule has 0 spiro atoms. The van der Waals surface area contributed by atoms with Crippen molar-refractivity contribution in [3.05, 3.63) is 106 Å². The minimum Gasteiger partial charge on any atom is -0.326 e. The van der Waals surface area contributed by atoms with Crippen molar-refractivity contribution < 1.29 is 0 Å². The van der Waals surface area contributed by atoms with Gasteiger partial charge in [0.25, 0.3) is 0 Å². The second-order valence-corrected chi connectivity index (χ2v) is 7.36. The maximum Gasteiger partial charge on any atom is 0.0205 e. The molecular weight excluding hydrogens is 328 g/mol. The number of aryl methyl sites for hydroxylation is 2. The highest BCUT2D eigenvalue weighted by atomic mass is 14.8. The number of hydrogen-bond acceptors (Lipinski definition) is 2. The van der Waals surface area contributed by atoms with E-state index < -0.39 is 0 Å². The monoisotopic (exact) mass is 358 g/mol. The number of nitrogens with one attached hydrogen (secondary N) is 1. The summed E-state index contributed by atoms with van der Waals surface area (Å²) >= 11 is 0. The maximum absolute atomic E-state index is 5.67. The van der Waals surface area contributed by atoms with E-state index in [9.17, 15) is 0 Å². The van der Waals surface area contributed by atoms with E-state index in [1.807, 2.05) is 0 Å². The van der Waals surface area contributed by atoms with Gasteiger partial charge in [-0.3, -0.25) is 0 Å². The number of nitrogens with two attached hydrogens (primary N) is 1. The zero-order chi connectivity index (χ0) is 19.1. The molecule has 140 valence electrons. The molecule has 0 amide bonds. The summed E-state index contributed by atoms with van der Waals surface area (Å²) in [6.45, 7) is 6.75. The first-order chi connectivity index (χ1) is 13.2. The Labute approximate surface area is 163 Å². The molecule has 0 aliphatic rings. The molecule has 3 aromatic carbocycles. The van der Waals surface area contributed by atoms with Crippen LogP contribution in [0.25, 0.3) is 0 Å². The third-order valence-electron chi connectivity index (χ3n) is 5.16. The molecule has 0 radical (unpaired) electrons. The molecule has 3 aromatic rings. The van der Waals surface area contributed by atoms with Crippen LogP contribution < -0.4 is 11.1 Å². The van der Waals surface area contributed by atoms with Gasteiger partial charge in [0.2, 0.25) is 0 Å². The Hall–Kier alpha value is -2.42. The van der Waals surface area contributed by atoms with Crippen LogP contribution in [-0.2, 0) is 13.1 Å². The smallest absolute Gasteiger partial charge is 0.0205 e. The number of benzene rings is 3. The predicted molar refractivity (Wildman–Crippen MR) is 115 cm³/mol. The summed E-state index contributed by atoms with van der Waals surface area (Å²) in [5.74, 6) is 0.415. The van der Waals surface area contributed by atoms with Gasteiger partial charge in [0, 0.05) is 19.0 Å². The molecule has 0 atom stereocenters. The summed E-state index contributed by atoms with van der Waals surface area (Å²) in [6.07, 6.45) is 1.08. The van der Waals surface area contributed by atoms with Crippen LogP contribution in [0.1, 0.15) is 45.7 Å². The molecule has 0 fully saturated rings. The molecule has 0 aromatic heterocycles. The Morgan fingerprint density at radius 3 is 1.67 bits per heavy atom. The van der Waals surface area contributed by atoms with Crippen molar-refractivity contribution in [3.63, 3.8) is 0 Å². The Kier molecular flexibility index (Phi) is 6.80. The van der Waals surface area contributed by atoms with Crippen molar-refractivity contribution in [2.45, 2.75) is 39.3 Å². The highest BCUT2D eigenvalue weighted by molar-refractivity contribution is 5.35. The first-order valence-electron chi connectivity index (χ1n) is 9.77. The standard InChI is InChI=1S/C25H30N2/c1-19-3-11-23(12-4-19)25(24-13-5-20(2)6-14-24)15-16-27-18-22-9-7-21(17-26)8-10-22/h3-14,25,27H,15-18,26H2,1-2H3. The topological polar surface area (TPSA) is 38.0 Å². The molecule has 0 aliphatic heterocycles. The van der Waals surface area contributed by atoms with E-state index in [-0.39, 0.29) is 0 Å². The molecule has 3 N–H and O–H groups in total. The summed E-state index contributed by atoms with van der Waals surface area (Å²) < 4.78 is 0. The van der Waals surface area contributed by atoms with Gasteiger partial charge in [-0.2, -0.15) is 0 Å².